The summed E-state index contributed by atoms with van der Waals surface area (Å²) in [5.74, 6) is 0. The molecule has 4 heteroatoms. The molecule has 1 unspecified atom stereocenters. The largest absolute Gasteiger partial charge is 0.403 e. The van der Waals surface area contributed by atoms with Crippen LogP contribution in [0.4, 0.5) is 13.2 Å². The van der Waals surface area contributed by atoms with Crippen LogP contribution in [0.25, 0.3) is 0 Å². The summed E-state index contributed by atoms with van der Waals surface area (Å²) in [5.41, 5.74) is -0.241. The molecule has 1 aliphatic rings. The molecule has 0 aromatic heterocycles. The van der Waals surface area contributed by atoms with E-state index in [0.29, 0.717) is 0 Å². The van der Waals surface area contributed by atoms with Crippen molar-refractivity contribution in [3.63, 3.8) is 0 Å². The van der Waals surface area contributed by atoms with Crippen molar-refractivity contribution in [3.05, 3.63) is 0 Å². The molecule has 1 N–H and O–H groups in total. The average Bonchev–Trinajstić information content (AvgIpc) is 2.45. The quantitative estimate of drug-likeness (QED) is 0.664. The number of hydrogen-bond donors (Lipinski definition) is 1. The Bertz CT molecular complexity index is 148. The molecule has 11 heavy (non-hydrogen) atoms. The van der Waals surface area contributed by atoms with Crippen molar-refractivity contribution in [2.24, 2.45) is 0 Å². The highest BCUT2D eigenvalue weighted by molar-refractivity contribution is 4.99. The fraction of sp³-hybridized carbons (Fsp3) is 1.00. The molecule has 0 aromatic carbocycles. The summed E-state index contributed by atoms with van der Waals surface area (Å²) in [6, 6.07) is -1.38. The van der Waals surface area contributed by atoms with E-state index in [1.54, 1.807) is 0 Å². The molecule has 0 bridgehead atoms. The molecule has 1 saturated carbocycles. The second kappa shape index (κ2) is 2.37. The van der Waals surface area contributed by atoms with Gasteiger partial charge < -0.3 is 5.32 Å². The molecule has 1 fully saturated rings. The van der Waals surface area contributed by atoms with E-state index in [2.05, 4.69) is 5.32 Å². The molecular formula is C7H12F3N. The molecule has 1 atom stereocenters. The zero-order chi connectivity index (χ0) is 8.70. The van der Waals surface area contributed by atoms with Gasteiger partial charge in [0.25, 0.3) is 0 Å². The minimum Gasteiger partial charge on any atom is -0.301 e. The van der Waals surface area contributed by atoms with Gasteiger partial charge >= 0.3 is 6.18 Å². The van der Waals surface area contributed by atoms with Crippen molar-refractivity contribution in [2.75, 3.05) is 0 Å². The Morgan fingerprint density at radius 3 is 2.09 bits per heavy atom. The molecule has 66 valence electrons. The lowest BCUT2D eigenvalue weighted by atomic mass is 10.2. The molecule has 0 radical (unpaired) electrons. The van der Waals surface area contributed by atoms with Crippen LogP contribution in [0.3, 0.4) is 0 Å². The van der Waals surface area contributed by atoms with Gasteiger partial charge in [-0.05, 0) is 26.7 Å². The normalized spacial score (nSPS) is 24.8. The second-order valence-corrected chi connectivity index (χ2v) is 3.47. The van der Waals surface area contributed by atoms with E-state index in [0.717, 1.165) is 19.8 Å². The smallest absolute Gasteiger partial charge is 0.301 e. The van der Waals surface area contributed by atoms with Gasteiger partial charge in [0.05, 0.1) is 0 Å². The summed E-state index contributed by atoms with van der Waals surface area (Å²) in [5, 5.41) is 2.55. The molecule has 1 aliphatic carbocycles. The predicted octanol–water partition coefficient (Wildman–Crippen LogP) is 2.08. The first kappa shape index (κ1) is 8.84. The summed E-state index contributed by atoms with van der Waals surface area (Å²) in [4.78, 5) is 0. The summed E-state index contributed by atoms with van der Waals surface area (Å²) in [7, 11) is 0. The second-order valence-electron chi connectivity index (χ2n) is 3.47. The first-order valence-corrected chi connectivity index (χ1v) is 3.68. The van der Waals surface area contributed by atoms with Crippen LogP contribution >= 0.6 is 0 Å². The number of rotatable bonds is 2. The lowest BCUT2D eigenvalue weighted by molar-refractivity contribution is -0.153. The molecule has 0 saturated heterocycles. The van der Waals surface area contributed by atoms with Crippen LogP contribution < -0.4 is 5.32 Å². The molecule has 1 rings (SSSR count). The Morgan fingerprint density at radius 1 is 1.36 bits per heavy atom. The maximum atomic E-state index is 11.9. The van der Waals surface area contributed by atoms with Crippen LogP contribution in [0, 0.1) is 0 Å². The zero-order valence-corrected chi connectivity index (χ0v) is 6.63. The molecule has 0 amide bonds. The Hall–Kier alpha value is -0.250. The van der Waals surface area contributed by atoms with Crippen LogP contribution in [0.1, 0.15) is 26.7 Å². The van der Waals surface area contributed by atoms with Gasteiger partial charge in [-0.25, -0.2) is 0 Å². The number of halogens is 3. The lowest BCUT2D eigenvalue weighted by Crippen LogP contribution is -2.45. The highest BCUT2D eigenvalue weighted by Crippen LogP contribution is 2.36. The number of alkyl halides is 3. The average molecular weight is 167 g/mol. The van der Waals surface area contributed by atoms with E-state index in [-0.39, 0.29) is 5.54 Å². The van der Waals surface area contributed by atoms with Crippen LogP contribution in [0.15, 0.2) is 0 Å². The lowest BCUT2D eigenvalue weighted by Gasteiger charge is -2.21. The van der Waals surface area contributed by atoms with E-state index in [1.165, 1.54) is 0 Å². The zero-order valence-electron chi connectivity index (χ0n) is 6.63. The minimum absolute atomic E-state index is 0.241. The Labute approximate surface area is 64.0 Å². The fourth-order valence-electron chi connectivity index (χ4n) is 0.936. The van der Waals surface area contributed by atoms with Crippen molar-refractivity contribution < 1.29 is 13.2 Å². The third-order valence-corrected chi connectivity index (χ3v) is 2.06. The van der Waals surface area contributed by atoms with Crippen molar-refractivity contribution in [3.8, 4) is 0 Å². The van der Waals surface area contributed by atoms with Crippen molar-refractivity contribution in [1.29, 1.82) is 0 Å². The van der Waals surface area contributed by atoms with E-state index < -0.39 is 12.2 Å². The van der Waals surface area contributed by atoms with E-state index in [4.69, 9.17) is 0 Å². The SMILES string of the molecule is CC(NC1(C)CC1)C(F)(F)F. The molecular weight excluding hydrogens is 155 g/mol. The van der Waals surface area contributed by atoms with Crippen molar-refractivity contribution in [2.45, 2.75) is 44.4 Å². The molecule has 1 nitrogen and oxygen atoms in total. The van der Waals surface area contributed by atoms with Gasteiger partial charge in [0.1, 0.15) is 6.04 Å². The van der Waals surface area contributed by atoms with Crippen molar-refractivity contribution in [1.82, 2.24) is 5.32 Å². The molecule has 0 heterocycles. The fourth-order valence-corrected chi connectivity index (χ4v) is 0.936. The predicted molar refractivity (Wildman–Crippen MR) is 36.3 cm³/mol. The first-order valence-electron chi connectivity index (χ1n) is 3.68. The minimum atomic E-state index is -4.11. The van der Waals surface area contributed by atoms with Gasteiger partial charge in [-0.15, -0.1) is 0 Å². The summed E-state index contributed by atoms with van der Waals surface area (Å²) >= 11 is 0. The maximum absolute atomic E-state index is 11.9. The Balaban J connectivity index is 2.37. The van der Waals surface area contributed by atoms with Gasteiger partial charge in [0.2, 0.25) is 0 Å². The van der Waals surface area contributed by atoms with Gasteiger partial charge in [-0.2, -0.15) is 13.2 Å². The topological polar surface area (TPSA) is 12.0 Å². The summed E-state index contributed by atoms with van der Waals surface area (Å²) in [6.07, 6.45) is -2.40. The number of nitrogens with one attached hydrogen (secondary N) is 1. The third kappa shape index (κ3) is 2.36. The monoisotopic (exact) mass is 167 g/mol. The Kier molecular flexibility index (Phi) is 1.90. The van der Waals surface area contributed by atoms with Crippen LogP contribution in [-0.2, 0) is 0 Å². The van der Waals surface area contributed by atoms with Gasteiger partial charge in [-0.3, -0.25) is 0 Å². The molecule has 0 spiro atoms. The number of hydrogen-bond acceptors (Lipinski definition) is 1. The molecule has 0 aliphatic heterocycles. The summed E-state index contributed by atoms with van der Waals surface area (Å²) < 4.78 is 35.8. The molecule has 0 aromatic rings. The van der Waals surface area contributed by atoms with Gasteiger partial charge in [-0.1, -0.05) is 0 Å². The van der Waals surface area contributed by atoms with Gasteiger partial charge in [0, 0.05) is 5.54 Å². The first-order chi connectivity index (χ1) is 4.83. The highest BCUT2D eigenvalue weighted by atomic mass is 19.4. The van der Waals surface area contributed by atoms with Crippen LogP contribution in [0.2, 0.25) is 0 Å². The van der Waals surface area contributed by atoms with E-state index >= 15 is 0 Å². The highest BCUT2D eigenvalue weighted by Gasteiger charge is 2.45. The van der Waals surface area contributed by atoms with E-state index in [9.17, 15) is 13.2 Å². The summed E-state index contributed by atoms with van der Waals surface area (Å²) in [6.45, 7) is 2.97. The third-order valence-electron chi connectivity index (χ3n) is 2.06. The standard InChI is InChI=1S/C7H12F3N/c1-5(7(8,9)10)11-6(2)3-4-6/h5,11H,3-4H2,1-2H3. The Morgan fingerprint density at radius 2 is 1.82 bits per heavy atom. The van der Waals surface area contributed by atoms with E-state index in [1.807, 2.05) is 6.92 Å². The van der Waals surface area contributed by atoms with Crippen molar-refractivity contribution >= 4 is 0 Å². The van der Waals surface area contributed by atoms with Crippen LogP contribution in [0.5, 0.6) is 0 Å². The maximum Gasteiger partial charge on any atom is 0.403 e. The van der Waals surface area contributed by atoms with Crippen LogP contribution in [-0.4, -0.2) is 17.8 Å². The van der Waals surface area contributed by atoms with Gasteiger partial charge in [0.15, 0.2) is 0 Å².